The van der Waals surface area contributed by atoms with E-state index in [9.17, 15) is 14.0 Å². The molecule has 2 amide bonds. The quantitative estimate of drug-likeness (QED) is 0.230. The number of anilines is 1. The molecule has 0 fully saturated rings. The number of rotatable bonds is 8. The van der Waals surface area contributed by atoms with Crippen LogP contribution in [0.25, 0.3) is 0 Å². The largest absolute Gasteiger partial charge is 0.495 e. The highest BCUT2D eigenvalue weighted by Gasteiger charge is 2.16. The average molecular weight is 565 g/mol. The Morgan fingerprint density at radius 2 is 1.80 bits per heavy atom. The Morgan fingerprint density at radius 1 is 1.06 bits per heavy atom. The van der Waals surface area contributed by atoms with Crippen molar-refractivity contribution < 1.29 is 28.2 Å². The Labute approximate surface area is 214 Å². The van der Waals surface area contributed by atoms with Gasteiger partial charge in [-0.05, 0) is 57.9 Å². The molecule has 0 heterocycles. The molecule has 0 unspecified atom stereocenters. The van der Waals surface area contributed by atoms with Gasteiger partial charge in [-0.15, -0.1) is 0 Å². The van der Waals surface area contributed by atoms with Gasteiger partial charge >= 0.3 is 11.8 Å². The number of hydrogen-bond acceptors (Lipinski definition) is 6. The van der Waals surface area contributed by atoms with Crippen molar-refractivity contribution >= 4 is 51.2 Å². The van der Waals surface area contributed by atoms with Crippen LogP contribution in [0, 0.1) is 5.82 Å². The van der Waals surface area contributed by atoms with Gasteiger partial charge in [-0.1, -0.05) is 29.8 Å². The molecule has 0 atom stereocenters. The summed E-state index contributed by atoms with van der Waals surface area (Å²) < 4.78 is 30.8. The normalized spacial score (nSPS) is 10.7. The molecule has 3 rings (SSSR count). The van der Waals surface area contributed by atoms with E-state index < -0.39 is 17.6 Å². The number of carbonyl (C=O) groups excluding carboxylic acids is 2. The summed E-state index contributed by atoms with van der Waals surface area (Å²) >= 11 is 9.44. The standard InChI is InChI=1S/C24H20BrClFN3O5/c1-33-20-9-4-3-8-19(20)29-23(31)24(32)30-28-12-14-10-16(25)22(21(11-14)34-2)35-13-15-17(26)6-5-7-18(15)27/h3-12H,13H2,1-2H3,(H,29,31)(H,30,32)/b28-12+. The summed E-state index contributed by atoms with van der Waals surface area (Å²) in [6.07, 6.45) is 1.32. The Hall–Kier alpha value is -3.63. The van der Waals surface area contributed by atoms with Gasteiger partial charge < -0.3 is 19.5 Å². The molecule has 0 aromatic heterocycles. The minimum atomic E-state index is -0.972. The Morgan fingerprint density at radius 3 is 2.51 bits per heavy atom. The first-order valence-electron chi connectivity index (χ1n) is 10.0. The van der Waals surface area contributed by atoms with Crippen molar-refractivity contribution in [1.29, 1.82) is 0 Å². The van der Waals surface area contributed by atoms with Crippen molar-refractivity contribution in [3.05, 3.63) is 81.0 Å². The van der Waals surface area contributed by atoms with Gasteiger partial charge in [-0.2, -0.15) is 5.10 Å². The summed E-state index contributed by atoms with van der Waals surface area (Å²) in [6, 6.07) is 14.3. The number of benzene rings is 3. The molecular formula is C24H20BrClFN3O5. The fourth-order valence-electron chi connectivity index (χ4n) is 2.91. The maximum absolute atomic E-state index is 14.0. The zero-order valence-electron chi connectivity index (χ0n) is 18.6. The van der Waals surface area contributed by atoms with Crippen LogP contribution in [-0.2, 0) is 16.2 Å². The zero-order chi connectivity index (χ0) is 25.4. The van der Waals surface area contributed by atoms with Crippen LogP contribution < -0.4 is 25.0 Å². The monoisotopic (exact) mass is 563 g/mol. The third kappa shape index (κ3) is 6.71. The maximum Gasteiger partial charge on any atom is 0.329 e. The molecule has 3 aromatic rings. The lowest BCUT2D eigenvalue weighted by molar-refractivity contribution is -0.136. The lowest BCUT2D eigenvalue weighted by atomic mass is 10.2. The molecule has 35 heavy (non-hydrogen) atoms. The predicted octanol–water partition coefficient (Wildman–Crippen LogP) is 4.93. The van der Waals surface area contributed by atoms with E-state index in [1.807, 2.05) is 0 Å². The van der Waals surface area contributed by atoms with Crippen molar-refractivity contribution in [3.63, 3.8) is 0 Å². The van der Waals surface area contributed by atoms with Crippen molar-refractivity contribution in [2.45, 2.75) is 6.61 Å². The van der Waals surface area contributed by atoms with Crippen molar-refractivity contribution in [2.75, 3.05) is 19.5 Å². The highest BCUT2D eigenvalue weighted by Crippen LogP contribution is 2.37. The molecule has 0 bridgehead atoms. The number of carbonyl (C=O) groups is 2. The lowest BCUT2D eigenvalue weighted by Crippen LogP contribution is -2.32. The van der Waals surface area contributed by atoms with E-state index >= 15 is 0 Å². The van der Waals surface area contributed by atoms with Crippen LogP contribution in [0.5, 0.6) is 17.2 Å². The van der Waals surface area contributed by atoms with Gasteiger partial charge in [0.25, 0.3) is 0 Å². The fourth-order valence-corrected chi connectivity index (χ4v) is 3.70. The highest BCUT2D eigenvalue weighted by molar-refractivity contribution is 9.10. The van der Waals surface area contributed by atoms with Crippen LogP contribution in [-0.4, -0.2) is 32.2 Å². The molecule has 182 valence electrons. The summed E-state index contributed by atoms with van der Waals surface area (Å²) in [4.78, 5) is 24.2. The van der Waals surface area contributed by atoms with Gasteiger partial charge in [0.15, 0.2) is 11.5 Å². The Balaban J connectivity index is 1.66. The summed E-state index contributed by atoms with van der Waals surface area (Å²) in [7, 11) is 2.89. The highest BCUT2D eigenvalue weighted by atomic mass is 79.9. The zero-order valence-corrected chi connectivity index (χ0v) is 20.9. The van der Waals surface area contributed by atoms with Crippen LogP contribution in [0.3, 0.4) is 0 Å². The molecular weight excluding hydrogens is 545 g/mol. The summed E-state index contributed by atoms with van der Waals surface area (Å²) in [5, 5.41) is 6.50. The van der Waals surface area contributed by atoms with Gasteiger partial charge in [0, 0.05) is 5.56 Å². The van der Waals surface area contributed by atoms with Crippen molar-refractivity contribution in [3.8, 4) is 17.2 Å². The number of hydrazone groups is 1. The smallest absolute Gasteiger partial charge is 0.329 e. The first-order valence-corrected chi connectivity index (χ1v) is 11.2. The minimum absolute atomic E-state index is 0.120. The van der Waals surface area contributed by atoms with E-state index in [1.54, 1.807) is 42.5 Å². The second kappa shape index (κ2) is 12.2. The molecule has 0 spiro atoms. The van der Waals surface area contributed by atoms with Crippen molar-refractivity contribution in [1.82, 2.24) is 5.43 Å². The number of halogens is 3. The van der Waals surface area contributed by atoms with Crippen molar-refractivity contribution in [2.24, 2.45) is 5.10 Å². The van der Waals surface area contributed by atoms with Crippen LogP contribution in [0.4, 0.5) is 10.1 Å². The fraction of sp³-hybridized carbons (Fsp3) is 0.125. The number of ether oxygens (including phenoxy) is 3. The SMILES string of the molecule is COc1ccccc1NC(=O)C(=O)N/N=C/c1cc(Br)c(OCc2c(F)cccc2Cl)c(OC)c1. The van der Waals surface area contributed by atoms with Gasteiger partial charge in [-0.25, -0.2) is 9.82 Å². The molecule has 0 aliphatic rings. The van der Waals surface area contributed by atoms with E-state index in [-0.39, 0.29) is 17.2 Å². The van der Waals surface area contributed by atoms with Gasteiger partial charge in [0.2, 0.25) is 0 Å². The number of amides is 2. The molecule has 0 aliphatic heterocycles. The van der Waals surface area contributed by atoms with Gasteiger partial charge in [0.1, 0.15) is 18.2 Å². The number of hydrogen-bond donors (Lipinski definition) is 2. The first-order chi connectivity index (χ1) is 16.8. The van der Waals surface area contributed by atoms with Crippen LogP contribution in [0.15, 0.2) is 64.2 Å². The third-order valence-corrected chi connectivity index (χ3v) is 5.56. The third-order valence-electron chi connectivity index (χ3n) is 4.62. The van der Waals surface area contributed by atoms with E-state index in [4.69, 9.17) is 25.8 Å². The van der Waals surface area contributed by atoms with Crippen LogP contribution >= 0.6 is 27.5 Å². The maximum atomic E-state index is 14.0. The van der Waals surface area contributed by atoms with Crippen LogP contribution in [0.2, 0.25) is 5.02 Å². The molecule has 0 radical (unpaired) electrons. The van der Waals surface area contributed by atoms with Gasteiger partial charge in [0.05, 0.1) is 35.6 Å². The summed E-state index contributed by atoms with van der Waals surface area (Å²) in [5.74, 6) is -1.31. The average Bonchev–Trinajstić information content (AvgIpc) is 2.84. The Kier molecular flexibility index (Phi) is 9.04. The molecule has 0 aliphatic carbocycles. The second-order valence-corrected chi connectivity index (χ2v) is 8.14. The summed E-state index contributed by atoms with van der Waals surface area (Å²) in [6.45, 7) is -0.120. The molecule has 11 heteroatoms. The van der Waals surface area contributed by atoms with E-state index in [1.165, 1.54) is 32.6 Å². The topological polar surface area (TPSA) is 98.2 Å². The predicted molar refractivity (Wildman–Crippen MR) is 134 cm³/mol. The molecule has 3 aromatic carbocycles. The van der Waals surface area contributed by atoms with E-state index in [0.717, 1.165) is 0 Å². The molecule has 2 N–H and O–H groups in total. The van der Waals surface area contributed by atoms with Crippen LogP contribution in [0.1, 0.15) is 11.1 Å². The first kappa shape index (κ1) is 26.0. The molecule has 0 saturated carbocycles. The molecule has 0 saturated heterocycles. The second-order valence-electron chi connectivity index (χ2n) is 6.88. The summed E-state index contributed by atoms with van der Waals surface area (Å²) in [5.41, 5.74) is 3.24. The minimum Gasteiger partial charge on any atom is -0.495 e. The van der Waals surface area contributed by atoms with E-state index in [2.05, 4.69) is 31.8 Å². The van der Waals surface area contributed by atoms with E-state index in [0.29, 0.717) is 33.0 Å². The van der Waals surface area contributed by atoms with Gasteiger partial charge in [-0.3, -0.25) is 9.59 Å². The molecule has 8 nitrogen and oxygen atoms in total. The number of methoxy groups -OCH3 is 2. The lowest BCUT2D eigenvalue weighted by Gasteiger charge is -2.14. The number of nitrogens with zero attached hydrogens (tertiary/aromatic N) is 1. The Bertz CT molecular complexity index is 1250. The number of para-hydroxylation sites is 2. The number of nitrogens with one attached hydrogen (secondary N) is 2.